The van der Waals surface area contributed by atoms with Gasteiger partial charge in [-0.3, -0.25) is 4.99 Å². The van der Waals surface area contributed by atoms with E-state index < -0.39 is 0 Å². The van der Waals surface area contributed by atoms with E-state index in [2.05, 4.69) is 67.4 Å². The normalized spacial score (nSPS) is 12.6. The molecule has 2 aromatic heterocycles. The monoisotopic (exact) mass is 357 g/mol. The summed E-state index contributed by atoms with van der Waals surface area (Å²) in [5, 5.41) is 0. The summed E-state index contributed by atoms with van der Waals surface area (Å²) >= 11 is 0. The van der Waals surface area contributed by atoms with Crippen LogP contribution in [0.2, 0.25) is 0 Å². The highest BCUT2D eigenvalue weighted by molar-refractivity contribution is 5.96. The molecule has 0 unspecified atom stereocenters. The van der Waals surface area contributed by atoms with Gasteiger partial charge in [0.05, 0.1) is 12.8 Å². The predicted molar refractivity (Wildman–Crippen MR) is 111 cm³/mol. The van der Waals surface area contributed by atoms with Crippen molar-refractivity contribution in [2.24, 2.45) is 10.9 Å². The lowest BCUT2D eigenvalue weighted by Crippen LogP contribution is -2.04. The molecule has 0 spiro atoms. The van der Waals surface area contributed by atoms with E-state index in [0.29, 0.717) is 11.8 Å². The summed E-state index contributed by atoms with van der Waals surface area (Å²) in [6.07, 6.45) is 10.9. The van der Waals surface area contributed by atoms with Crippen LogP contribution in [0.5, 0.6) is 0 Å². The van der Waals surface area contributed by atoms with Crippen LogP contribution in [0.4, 0.5) is 0 Å². The van der Waals surface area contributed by atoms with Gasteiger partial charge in [0.2, 0.25) is 0 Å². The summed E-state index contributed by atoms with van der Waals surface area (Å²) in [4.78, 5) is 8.29. The van der Waals surface area contributed by atoms with Gasteiger partial charge >= 0.3 is 0 Å². The zero-order valence-corrected chi connectivity index (χ0v) is 17.5. The highest BCUT2D eigenvalue weighted by Crippen LogP contribution is 2.16. The molecular weight excluding hydrogens is 322 g/mol. The Kier molecular flexibility index (Phi) is 9.71. The average molecular weight is 358 g/mol. The summed E-state index contributed by atoms with van der Waals surface area (Å²) in [6.45, 7) is 16.8. The molecule has 3 heterocycles. The van der Waals surface area contributed by atoms with Gasteiger partial charge in [0.1, 0.15) is 11.6 Å². The third kappa shape index (κ3) is 8.32. The first-order chi connectivity index (χ1) is 12.3. The summed E-state index contributed by atoms with van der Waals surface area (Å²) in [6, 6.07) is 2.07. The molecule has 1 aliphatic heterocycles. The third-order valence-corrected chi connectivity index (χ3v) is 3.88. The maximum Gasteiger partial charge on any atom is 0.106 e. The molecule has 0 saturated heterocycles. The van der Waals surface area contributed by atoms with Crippen LogP contribution in [0.15, 0.2) is 46.3 Å². The van der Waals surface area contributed by atoms with Crippen LogP contribution < -0.4 is 0 Å². The molecule has 0 fully saturated rings. The Balaban J connectivity index is 0.000000198. The fraction of sp³-hybridized carbons (Fsp3) is 0.545. The second-order valence-electron chi connectivity index (χ2n) is 7.29. The Morgan fingerprint density at radius 3 is 2.23 bits per heavy atom. The third-order valence-electron chi connectivity index (χ3n) is 3.88. The SMILES string of the molecule is CCC1=NCC=C1.Cc1coc(C(C)C)c1.Cc1nccn1CC(C)C. The lowest BCUT2D eigenvalue weighted by Gasteiger charge is -2.06. The van der Waals surface area contributed by atoms with Crippen molar-refractivity contribution >= 4 is 5.71 Å². The van der Waals surface area contributed by atoms with Crippen LogP contribution in [0.25, 0.3) is 0 Å². The van der Waals surface area contributed by atoms with E-state index >= 15 is 0 Å². The highest BCUT2D eigenvalue weighted by atomic mass is 16.3. The molecule has 0 bridgehead atoms. The number of hydrogen-bond donors (Lipinski definition) is 0. The fourth-order valence-electron chi connectivity index (χ4n) is 2.39. The highest BCUT2D eigenvalue weighted by Gasteiger charge is 2.01. The van der Waals surface area contributed by atoms with Crippen molar-refractivity contribution in [2.75, 3.05) is 6.54 Å². The fourth-order valence-corrected chi connectivity index (χ4v) is 2.39. The first kappa shape index (κ1) is 21.9. The Hall–Kier alpha value is -2.10. The molecule has 4 heteroatoms. The van der Waals surface area contributed by atoms with E-state index in [-0.39, 0.29) is 0 Å². The first-order valence-corrected chi connectivity index (χ1v) is 9.56. The van der Waals surface area contributed by atoms with E-state index in [1.807, 2.05) is 26.2 Å². The number of aryl methyl sites for hydroxylation is 2. The number of nitrogens with zero attached hydrogens (tertiary/aromatic N) is 3. The molecular formula is C22H35N3O. The minimum atomic E-state index is 0.513. The lowest BCUT2D eigenvalue weighted by molar-refractivity contribution is 0.486. The summed E-state index contributed by atoms with van der Waals surface area (Å²) in [7, 11) is 0. The molecule has 0 saturated carbocycles. The lowest BCUT2D eigenvalue weighted by atomic mass is 10.1. The molecule has 26 heavy (non-hydrogen) atoms. The first-order valence-electron chi connectivity index (χ1n) is 9.56. The Labute approximate surface area is 159 Å². The number of furan rings is 1. The zero-order chi connectivity index (χ0) is 19.5. The van der Waals surface area contributed by atoms with Gasteiger partial charge in [-0.25, -0.2) is 4.98 Å². The average Bonchev–Trinajstić information content (AvgIpc) is 3.31. The molecule has 0 N–H and O–H groups in total. The number of rotatable bonds is 4. The minimum absolute atomic E-state index is 0.513. The molecule has 0 amide bonds. The van der Waals surface area contributed by atoms with Gasteiger partial charge in [0, 0.05) is 30.6 Å². The van der Waals surface area contributed by atoms with Gasteiger partial charge in [-0.05, 0) is 43.9 Å². The van der Waals surface area contributed by atoms with Gasteiger partial charge in [0.25, 0.3) is 0 Å². The van der Waals surface area contributed by atoms with Gasteiger partial charge in [-0.1, -0.05) is 40.7 Å². The maximum atomic E-state index is 5.23. The maximum absolute atomic E-state index is 5.23. The van der Waals surface area contributed by atoms with Crippen molar-refractivity contribution in [3.05, 3.63) is 54.0 Å². The van der Waals surface area contributed by atoms with E-state index in [1.165, 1.54) is 11.3 Å². The summed E-state index contributed by atoms with van der Waals surface area (Å²) < 4.78 is 7.40. The zero-order valence-electron chi connectivity index (χ0n) is 17.5. The van der Waals surface area contributed by atoms with E-state index in [9.17, 15) is 0 Å². The minimum Gasteiger partial charge on any atom is -0.469 e. The van der Waals surface area contributed by atoms with Crippen molar-refractivity contribution < 1.29 is 4.42 Å². The summed E-state index contributed by atoms with van der Waals surface area (Å²) in [5.41, 5.74) is 2.44. The topological polar surface area (TPSA) is 43.3 Å². The standard InChI is InChI=1S/C8H14N2.C8H12O.C6H9N/c1-7(2)6-10-5-4-9-8(10)3;1-6(2)8-4-7(3)5-9-8;1-2-6-4-3-5-7-6/h4-5,7H,6H2,1-3H3;4-6H,1-3H3;3-4H,2,5H2,1H3. The van der Waals surface area contributed by atoms with Gasteiger partial charge in [-0.2, -0.15) is 0 Å². The van der Waals surface area contributed by atoms with Crippen LogP contribution in [-0.2, 0) is 6.54 Å². The van der Waals surface area contributed by atoms with Crippen molar-refractivity contribution in [1.29, 1.82) is 0 Å². The van der Waals surface area contributed by atoms with Crippen molar-refractivity contribution in [1.82, 2.24) is 9.55 Å². The van der Waals surface area contributed by atoms with Crippen LogP contribution in [-0.4, -0.2) is 21.8 Å². The molecule has 0 aromatic carbocycles. The molecule has 3 rings (SSSR count). The van der Waals surface area contributed by atoms with Crippen molar-refractivity contribution in [2.45, 2.75) is 67.3 Å². The molecule has 4 nitrogen and oxygen atoms in total. The van der Waals surface area contributed by atoms with Crippen LogP contribution in [0.1, 0.15) is 64.1 Å². The Morgan fingerprint density at radius 2 is 1.92 bits per heavy atom. The second-order valence-corrected chi connectivity index (χ2v) is 7.29. The number of aliphatic imine (C=N–C) groups is 1. The molecule has 2 aromatic rings. The van der Waals surface area contributed by atoms with Crippen LogP contribution in [0.3, 0.4) is 0 Å². The molecule has 144 valence electrons. The van der Waals surface area contributed by atoms with Crippen LogP contribution >= 0.6 is 0 Å². The number of imidazole rings is 1. The van der Waals surface area contributed by atoms with Gasteiger partial charge in [0.15, 0.2) is 0 Å². The summed E-state index contributed by atoms with van der Waals surface area (Å²) in [5.74, 6) is 3.40. The molecule has 0 atom stereocenters. The second kappa shape index (κ2) is 11.5. The molecule has 0 aliphatic carbocycles. The quantitative estimate of drug-likeness (QED) is 0.677. The van der Waals surface area contributed by atoms with Crippen molar-refractivity contribution in [3.8, 4) is 0 Å². The van der Waals surface area contributed by atoms with Crippen LogP contribution in [0, 0.1) is 19.8 Å². The Bertz CT molecular complexity index is 690. The smallest absolute Gasteiger partial charge is 0.106 e. The number of hydrogen-bond acceptors (Lipinski definition) is 3. The largest absolute Gasteiger partial charge is 0.469 e. The van der Waals surface area contributed by atoms with Gasteiger partial charge < -0.3 is 8.98 Å². The predicted octanol–water partition coefficient (Wildman–Crippen LogP) is 5.97. The number of aromatic nitrogens is 2. The molecule has 0 radical (unpaired) electrons. The Morgan fingerprint density at radius 1 is 1.19 bits per heavy atom. The van der Waals surface area contributed by atoms with E-state index in [1.54, 1.807) is 6.26 Å². The van der Waals surface area contributed by atoms with E-state index in [0.717, 1.165) is 31.1 Å². The van der Waals surface area contributed by atoms with Crippen molar-refractivity contribution in [3.63, 3.8) is 0 Å². The van der Waals surface area contributed by atoms with Gasteiger partial charge in [-0.15, -0.1) is 0 Å². The van der Waals surface area contributed by atoms with E-state index in [4.69, 9.17) is 4.42 Å². The number of allylic oxidation sites excluding steroid dienone is 1. The molecule has 1 aliphatic rings.